The van der Waals surface area contributed by atoms with Crippen molar-refractivity contribution < 1.29 is 29.3 Å². The van der Waals surface area contributed by atoms with E-state index in [1.54, 1.807) is 24.3 Å². The monoisotopic (exact) mass is 442 g/mol. The van der Waals surface area contributed by atoms with E-state index in [1.807, 2.05) is 44.2 Å². The van der Waals surface area contributed by atoms with E-state index in [0.29, 0.717) is 12.8 Å². The molecule has 0 aromatic heterocycles. The van der Waals surface area contributed by atoms with E-state index in [4.69, 9.17) is 9.47 Å². The molecule has 0 unspecified atom stereocenters. The maximum absolute atomic E-state index is 13.3. The second-order valence-corrected chi connectivity index (χ2v) is 8.32. The number of hydrogen-bond donors (Lipinski definition) is 3. The number of benzene rings is 2. The highest BCUT2D eigenvalue weighted by molar-refractivity contribution is 5.86. The molecule has 0 saturated carbocycles. The van der Waals surface area contributed by atoms with Gasteiger partial charge in [0.1, 0.15) is 25.1 Å². The van der Waals surface area contributed by atoms with Crippen molar-refractivity contribution in [3.63, 3.8) is 0 Å². The fraction of sp³-hybridized carbons (Fsp3) is 0.417. The van der Waals surface area contributed by atoms with Gasteiger partial charge in [-0.05, 0) is 42.0 Å². The summed E-state index contributed by atoms with van der Waals surface area (Å²) in [5.41, 5.74) is 1.69. The Morgan fingerprint density at radius 1 is 1.12 bits per heavy atom. The van der Waals surface area contributed by atoms with Gasteiger partial charge in [0.25, 0.3) is 0 Å². The molecule has 0 spiro atoms. The van der Waals surface area contributed by atoms with Crippen molar-refractivity contribution in [3.8, 4) is 5.75 Å². The SMILES string of the molecule is CC(C)C[C@H](NC(=O)OCc1ccccc1)C(=O)N1CO[C@@H](O)[C@@H]1Cc1ccc(O)cc1. The van der Waals surface area contributed by atoms with Crippen molar-refractivity contribution in [1.29, 1.82) is 0 Å². The lowest BCUT2D eigenvalue weighted by molar-refractivity contribution is -0.135. The molecule has 1 aliphatic heterocycles. The highest BCUT2D eigenvalue weighted by atomic mass is 16.6. The standard InChI is InChI=1S/C24H30N2O6/c1-16(2)12-20(25-24(30)31-14-18-6-4-3-5-7-18)22(28)26-15-32-23(29)21(26)13-17-8-10-19(27)11-9-17/h3-11,16,20-21,23,27,29H,12-15H2,1-2H3,(H,25,30)/t20-,21-,23+/m0/s1. The summed E-state index contributed by atoms with van der Waals surface area (Å²) < 4.78 is 10.6. The van der Waals surface area contributed by atoms with Crippen LogP contribution < -0.4 is 5.32 Å². The average molecular weight is 443 g/mol. The lowest BCUT2D eigenvalue weighted by atomic mass is 10.0. The lowest BCUT2D eigenvalue weighted by Gasteiger charge is -2.29. The maximum Gasteiger partial charge on any atom is 0.408 e. The van der Waals surface area contributed by atoms with Gasteiger partial charge in [0, 0.05) is 0 Å². The number of aliphatic hydroxyl groups excluding tert-OH is 1. The van der Waals surface area contributed by atoms with Crippen molar-refractivity contribution in [3.05, 3.63) is 65.7 Å². The number of carbonyl (C=O) groups excluding carboxylic acids is 2. The van der Waals surface area contributed by atoms with Crippen LogP contribution in [0.1, 0.15) is 31.4 Å². The van der Waals surface area contributed by atoms with E-state index in [1.165, 1.54) is 4.90 Å². The number of amides is 2. The molecule has 0 aliphatic carbocycles. The van der Waals surface area contributed by atoms with Gasteiger partial charge >= 0.3 is 6.09 Å². The Morgan fingerprint density at radius 3 is 2.47 bits per heavy atom. The zero-order valence-electron chi connectivity index (χ0n) is 18.3. The minimum atomic E-state index is -1.14. The number of aliphatic hydroxyl groups is 1. The molecule has 1 saturated heterocycles. The Morgan fingerprint density at radius 2 is 1.81 bits per heavy atom. The van der Waals surface area contributed by atoms with E-state index in [0.717, 1.165) is 11.1 Å². The number of rotatable bonds is 8. The predicted molar refractivity (Wildman–Crippen MR) is 117 cm³/mol. The fourth-order valence-corrected chi connectivity index (χ4v) is 3.63. The number of ether oxygens (including phenoxy) is 2. The summed E-state index contributed by atoms with van der Waals surface area (Å²) in [7, 11) is 0. The van der Waals surface area contributed by atoms with Crippen molar-refractivity contribution in [2.75, 3.05) is 6.73 Å². The number of nitrogens with one attached hydrogen (secondary N) is 1. The zero-order chi connectivity index (χ0) is 23.1. The van der Waals surface area contributed by atoms with Crippen LogP contribution >= 0.6 is 0 Å². The predicted octanol–water partition coefficient (Wildman–Crippen LogP) is 2.78. The Hall–Kier alpha value is -3.10. The molecule has 0 radical (unpaired) electrons. The number of nitrogens with zero attached hydrogens (tertiary/aromatic N) is 1. The van der Waals surface area contributed by atoms with Crippen molar-refractivity contribution in [2.24, 2.45) is 5.92 Å². The van der Waals surface area contributed by atoms with Crippen molar-refractivity contribution in [1.82, 2.24) is 10.2 Å². The lowest BCUT2D eigenvalue weighted by Crippen LogP contribution is -2.52. The molecule has 32 heavy (non-hydrogen) atoms. The summed E-state index contributed by atoms with van der Waals surface area (Å²) in [5.74, 6) is -0.0572. The third-order valence-corrected chi connectivity index (χ3v) is 5.29. The highest BCUT2D eigenvalue weighted by Crippen LogP contribution is 2.23. The summed E-state index contributed by atoms with van der Waals surface area (Å²) in [6.45, 7) is 3.95. The summed E-state index contributed by atoms with van der Waals surface area (Å²) in [5, 5.41) is 22.5. The van der Waals surface area contributed by atoms with Gasteiger partial charge < -0.3 is 29.9 Å². The van der Waals surface area contributed by atoms with Crippen LogP contribution in [0.5, 0.6) is 5.75 Å². The number of carbonyl (C=O) groups is 2. The largest absolute Gasteiger partial charge is 0.508 e. The first-order valence-electron chi connectivity index (χ1n) is 10.7. The third kappa shape index (κ3) is 6.45. The normalized spacial score (nSPS) is 19.1. The quantitative estimate of drug-likeness (QED) is 0.580. The van der Waals surface area contributed by atoms with Gasteiger partial charge in [-0.2, -0.15) is 0 Å². The molecule has 2 aromatic carbocycles. The van der Waals surface area contributed by atoms with Gasteiger partial charge in [-0.15, -0.1) is 0 Å². The van der Waals surface area contributed by atoms with Crippen LogP contribution in [0, 0.1) is 5.92 Å². The van der Waals surface area contributed by atoms with Gasteiger partial charge in [0.2, 0.25) is 5.91 Å². The van der Waals surface area contributed by atoms with Crippen LogP contribution in [0.15, 0.2) is 54.6 Å². The molecule has 2 aromatic rings. The van der Waals surface area contributed by atoms with Crippen LogP contribution in [-0.4, -0.2) is 52.2 Å². The number of aromatic hydroxyl groups is 1. The number of alkyl carbamates (subject to hydrolysis) is 1. The summed E-state index contributed by atoms with van der Waals surface area (Å²) >= 11 is 0. The van der Waals surface area contributed by atoms with E-state index >= 15 is 0 Å². The summed E-state index contributed by atoms with van der Waals surface area (Å²) in [6, 6.07) is 14.4. The van der Waals surface area contributed by atoms with Gasteiger partial charge in [0.05, 0.1) is 6.04 Å². The topological polar surface area (TPSA) is 108 Å². The summed E-state index contributed by atoms with van der Waals surface area (Å²) in [4.78, 5) is 27.2. The average Bonchev–Trinajstić information content (AvgIpc) is 3.13. The molecule has 1 heterocycles. The highest BCUT2D eigenvalue weighted by Gasteiger charge is 2.40. The van der Waals surface area contributed by atoms with Crippen molar-refractivity contribution >= 4 is 12.0 Å². The van der Waals surface area contributed by atoms with Crippen LogP contribution in [0.2, 0.25) is 0 Å². The van der Waals surface area contributed by atoms with E-state index in [-0.39, 0.29) is 30.9 Å². The van der Waals surface area contributed by atoms with E-state index < -0.39 is 24.5 Å². The molecule has 0 bridgehead atoms. The maximum atomic E-state index is 13.3. The third-order valence-electron chi connectivity index (χ3n) is 5.29. The van der Waals surface area contributed by atoms with Gasteiger partial charge in [-0.3, -0.25) is 4.79 Å². The number of hydrogen-bond acceptors (Lipinski definition) is 6. The molecule has 3 N–H and O–H groups in total. The van der Waals surface area contributed by atoms with E-state index in [9.17, 15) is 19.8 Å². The Kier molecular flexibility index (Phi) is 8.08. The first-order chi connectivity index (χ1) is 15.3. The van der Waals surface area contributed by atoms with Gasteiger partial charge in [-0.25, -0.2) is 4.79 Å². The number of phenols is 1. The summed E-state index contributed by atoms with van der Waals surface area (Å²) in [6.07, 6.45) is -1.06. The molecule has 8 heteroatoms. The van der Waals surface area contributed by atoms with E-state index in [2.05, 4.69) is 5.32 Å². The van der Waals surface area contributed by atoms with Gasteiger partial charge in [0.15, 0.2) is 6.29 Å². The minimum absolute atomic E-state index is 0.0713. The molecule has 3 atom stereocenters. The molecule has 1 aliphatic rings. The first kappa shape index (κ1) is 23.6. The molecular weight excluding hydrogens is 412 g/mol. The second kappa shape index (κ2) is 11.0. The first-order valence-corrected chi connectivity index (χ1v) is 10.7. The molecule has 2 amide bonds. The Bertz CT molecular complexity index is 887. The fourth-order valence-electron chi connectivity index (χ4n) is 3.63. The number of phenolic OH excluding ortho intramolecular Hbond substituents is 1. The van der Waals surface area contributed by atoms with Crippen LogP contribution in [0.4, 0.5) is 4.79 Å². The van der Waals surface area contributed by atoms with Gasteiger partial charge in [-0.1, -0.05) is 56.3 Å². The molecule has 3 rings (SSSR count). The molecule has 1 fully saturated rings. The zero-order valence-corrected chi connectivity index (χ0v) is 18.3. The van der Waals surface area contributed by atoms with Crippen LogP contribution in [0.25, 0.3) is 0 Å². The second-order valence-electron chi connectivity index (χ2n) is 8.32. The van der Waals surface area contributed by atoms with Crippen LogP contribution in [0.3, 0.4) is 0 Å². The molecule has 8 nitrogen and oxygen atoms in total. The molecule has 172 valence electrons. The Balaban J connectivity index is 1.66. The van der Waals surface area contributed by atoms with Crippen molar-refractivity contribution in [2.45, 2.75) is 51.7 Å². The Labute approximate surface area is 187 Å². The van der Waals surface area contributed by atoms with Crippen LogP contribution in [-0.2, 0) is 27.3 Å². The minimum Gasteiger partial charge on any atom is -0.508 e. The smallest absolute Gasteiger partial charge is 0.408 e. The molecular formula is C24H30N2O6.